The van der Waals surface area contributed by atoms with Crippen molar-refractivity contribution in [1.29, 1.82) is 0 Å². The summed E-state index contributed by atoms with van der Waals surface area (Å²) in [5, 5.41) is 4.50. The van der Waals surface area contributed by atoms with Crippen LogP contribution in [-0.2, 0) is 17.9 Å². The van der Waals surface area contributed by atoms with Crippen LogP contribution in [0, 0.1) is 0 Å². The zero-order valence-corrected chi connectivity index (χ0v) is 20.7. The lowest BCUT2D eigenvalue weighted by Gasteiger charge is -2.16. The molecule has 7 heteroatoms. The molecule has 1 N–H and O–H groups in total. The standard InChI is InChI=1S/C23H30BrCl2NO3/c1-3-5-10-28-11-6-9-27-15-18-13-22(29-4-2)23(14-19(18)24)30-16-17-7-8-20(25)21(26)12-17/h7-8,12-14,27H,3-6,9-11,15-16H2,1-2H3. The van der Waals surface area contributed by atoms with E-state index in [2.05, 4.69) is 28.2 Å². The monoisotopic (exact) mass is 517 g/mol. The van der Waals surface area contributed by atoms with Gasteiger partial charge in [-0.05, 0) is 61.7 Å². The summed E-state index contributed by atoms with van der Waals surface area (Å²) in [5.41, 5.74) is 2.06. The molecule has 2 rings (SSSR count). The van der Waals surface area contributed by atoms with Crippen molar-refractivity contribution in [1.82, 2.24) is 5.32 Å². The molecule has 0 amide bonds. The lowest BCUT2D eigenvalue weighted by atomic mass is 10.2. The van der Waals surface area contributed by atoms with Crippen LogP contribution < -0.4 is 14.8 Å². The molecule has 0 aromatic heterocycles. The van der Waals surface area contributed by atoms with Gasteiger partial charge in [0.15, 0.2) is 11.5 Å². The molecule has 30 heavy (non-hydrogen) atoms. The number of halogens is 3. The van der Waals surface area contributed by atoms with Crippen LogP contribution in [0.5, 0.6) is 11.5 Å². The average molecular weight is 519 g/mol. The number of nitrogens with one attached hydrogen (secondary N) is 1. The first-order chi connectivity index (χ1) is 14.5. The van der Waals surface area contributed by atoms with Crippen molar-refractivity contribution in [2.24, 2.45) is 0 Å². The van der Waals surface area contributed by atoms with E-state index in [1.54, 1.807) is 6.07 Å². The van der Waals surface area contributed by atoms with Crippen molar-refractivity contribution in [3.63, 3.8) is 0 Å². The molecule has 0 unspecified atom stereocenters. The second-order valence-corrected chi connectivity index (χ2v) is 8.53. The third-order valence-electron chi connectivity index (χ3n) is 4.39. The van der Waals surface area contributed by atoms with Crippen LogP contribution >= 0.6 is 39.1 Å². The molecule has 0 radical (unpaired) electrons. The fourth-order valence-electron chi connectivity index (χ4n) is 2.76. The first-order valence-corrected chi connectivity index (χ1v) is 11.9. The third kappa shape index (κ3) is 8.64. The lowest BCUT2D eigenvalue weighted by molar-refractivity contribution is 0.128. The molecule has 2 aromatic rings. The molecule has 0 aliphatic carbocycles. The number of hydrogen-bond acceptors (Lipinski definition) is 4. The fourth-order valence-corrected chi connectivity index (χ4v) is 3.54. The van der Waals surface area contributed by atoms with Crippen molar-refractivity contribution >= 4 is 39.1 Å². The molecule has 0 saturated heterocycles. The van der Waals surface area contributed by atoms with Crippen LogP contribution in [0.2, 0.25) is 10.0 Å². The maximum atomic E-state index is 6.09. The van der Waals surface area contributed by atoms with Crippen molar-refractivity contribution in [2.75, 3.05) is 26.4 Å². The minimum atomic E-state index is 0.374. The Hall–Kier alpha value is -0.980. The van der Waals surface area contributed by atoms with Gasteiger partial charge in [0.1, 0.15) is 6.61 Å². The fraction of sp³-hybridized carbons (Fsp3) is 0.478. The Morgan fingerprint density at radius 2 is 1.70 bits per heavy atom. The second kappa shape index (κ2) is 14.2. The summed E-state index contributed by atoms with van der Waals surface area (Å²) in [5.74, 6) is 1.41. The van der Waals surface area contributed by atoms with Crippen LogP contribution in [0.3, 0.4) is 0 Å². The summed E-state index contributed by atoms with van der Waals surface area (Å²) in [6.45, 7) is 8.35. The lowest BCUT2D eigenvalue weighted by Crippen LogP contribution is -2.17. The largest absolute Gasteiger partial charge is 0.490 e. The SMILES string of the molecule is CCCCOCCCNCc1cc(OCC)c(OCc2ccc(Cl)c(Cl)c2)cc1Br. The average Bonchev–Trinajstić information content (AvgIpc) is 2.73. The highest BCUT2D eigenvalue weighted by Gasteiger charge is 2.12. The van der Waals surface area contributed by atoms with E-state index in [4.69, 9.17) is 37.4 Å². The Balaban J connectivity index is 1.91. The predicted octanol–water partition coefficient (Wildman–Crippen LogP) is 7.03. The van der Waals surface area contributed by atoms with Gasteiger partial charge in [-0.1, -0.05) is 58.5 Å². The molecule has 0 spiro atoms. The molecular formula is C23H30BrCl2NO3. The molecule has 2 aromatic carbocycles. The van der Waals surface area contributed by atoms with Gasteiger partial charge in [-0.3, -0.25) is 0 Å². The molecular weight excluding hydrogens is 489 g/mol. The van der Waals surface area contributed by atoms with Gasteiger partial charge in [0.25, 0.3) is 0 Å². The first-order valence-electron chi connectivity index (χ1n) is 10.4. The van der Waals surface area contributed by atoms with E-state index < -0.39 is 0 Å². The Bertz CT molecular complexity index is 789. The zero-order chi connectivity index (χ0) is 21.8. The van der Waals surface area contributed by atoms with Crippen LogP contribution in [0.1, 0.15) is 44.2 Å². The van der Waals surface area contributed by atoms with Crippen molar-refractivity contribution in [3.05, 3.63) is 56.0 Å². The number of hydrogen-bond donors (Lipinski definition) is 1. The Kier molecular flexibility index (Phi) is 11.9. The quantitative estimate of drug-likeness (QED) is 0.272. The summed E-state index contributed by atoms with van der Waals surface area (Å²) in [4.78, 5) is 0. The minimum Gasteiger partial charge on any atom is -0.490 e. The molecule has 0 fully saturated rings. The molecule has 0 atom stereocenters. The van der Waals surface area contributed by atoms with Crippen molar-refractivity contribution in [3.8, 4) is 11.5 Å². The van der Waals surface area contributed by atoms with E-state index in [1.165, 1.54) is 6.42 Å². The van der Waals surface area contributed by atoms with Gasteiger partial charge in [-0.25, -0.2) is 0 Å². The Labute approximate surface area is 198 Å². The van der Waals surface area contributed by atoms with Gasteiger partial charge in [0, 0.05) is 24.2 Å². The van der Waals surface area contributed by atoms with Gasteiger partial charge in [0.05, 0.1) is 16.7 Å². The number of rotatable bonds is 14. The highest BCUT2D eigenvalue weighted by atomic mass is 79.9. The van der Waals surface area contributed by atoms with Gasteiger partial charge in [-0.15, -0.1) is 0 Å². The Morgan fingerprint density at radius 3 is 2.43 bits per heavy atom. The molecule has 0 saturated carbocycles. The van der Waals surface area contributed by atoms with Gasteiger partial charge in [0.2, 0.25) is 0 Å². The molecule has 0 heterocycles. The van der Waals surface area contributed by atoms with E-state index in [-0.39, 0.29) is 0 Å². The number of ether oxygens (including phenoxy) is 3. The number of unbranched alkanes of at least 4 members (excludes halogenated alkanes) is 1. The van der Waals surface area contributed by atoms with E-state index in [0.717, 1.165) is 60.5 Å². The predicted molar refractivity (Wildman–Crippen MR) is 128 cm³/mol. The molecule has 166 valence electrons. The summed E-state index contributed by atoms with van der Waals surface area (Å²) in [6.07, 6.45) is 3.28. The summed E-state index contributed by atoms with van der Waals surface area (Å²) < 4.78 is 18.4. The minimum absolute atomic E-state index is 0.374. The van der Waals surface area contributed by atoms with Crippen LogP contribution in [0.15, 0.2) is 34.8 Å². The highest BCUT2D eigenvalue weighted by Crippen LogP contribution is 2.34. The topological polar surface area (TPSA) is 39.7 Å². The molecule has 0 aliphatic rings. The van der Waals surface area contributed by atoms with E-state index in [9.17, 15) is 0 Å². The van der Waals surface area contributed by atoms with E-state index >= 15 is 0 Å². The molecule has 4 nitrogen and oxygen atoms in total. The van der Waals surface area contributed by atoms with Crippen molar-refractivity contribution < 1.29 is 14.2 Å². The molecule has 0 bridgehead atoms. The Morgan fingerprint density at radius 1 is 0.933 bits per heavy atom. The van der Waals surface area contributed by atoms with Crippen molar-refractivity contribution in [2.45, 2.75) is 46.3 Å². The van der Waals surface area contributed by atoms with Gasteiger partial charge >= 0.3 is 0 Å². The molecule has 0 aliphatic heterocycles. The van der Waals surface area contributed by atoms with Gasteiger partial charge < -0.3 is 19.5 Å². The van der Waals surface area contributed by atoms with E-state index in [0.29, 0.717) is 29.0 Å². The summed E-state index contributed by atoms with van der Waals surface area (Å²) >= 11 is 15.7. The number of benzene rings is 2. The maximum Gasteiger partial charge on any atom is 0.162 e. The maximum absolute atomic E-state index is 6.09. The van der Waals surface area contributed by atoms with Crippen LogP contribution in [0.4, 0.5) is 0 Å². The zero-order valence-electron chi connectivity index (χ0n) is 17.6. The van der Waals surface area contributed by atoms with Crippen LogP contribution in [-0.4, -0.2) is 26.4 Å². The smallest absolute Gasteiger partial charge is 0.162 e. The van der Waals surface area contributed by atoms with E-state index in [1.807, 2.05) is 31.2 Å². The van der Waals surface area contributed by atoms with Crippen LogP contribution in [0.25, 0.3) is 0 Å². The normalized spacial score (nSPS) is 11.0. The second-order valence-electron chi connectivity index (χ2n) is 6.86. The highest BCUT2D eigenvalue weighted by molar-refractivity contribution is 9.10. The summed E-state index contributed by atoms with van der Waals surface area (Å²) in [6, 6.07) is 9.44. The summed E-state index contributed by atoms with van der Waals surface area (Å²) in [7, 11) is 0. The van der Waals surface area contributed by atoms with Gasteiger partial charge in [-0.2, -0.15) is 0 Å². The first kappa shape index (κ1) is 25.3. The third-order valence-corrected chi connectivity index (χ3v) is 5.87.